The Kier molecular flexibility index (Phi) is 5.77. The molecule has 2 rings (SSSR count). The van der Waals surface area contributed by atoms with Crippen molar-refractivity contribution in [3.63, 3.8) is 0 Å². The molecule has 0 radical (unpaired) electrons. The summed E-state index contributed by atoms with van der Waals surface area (Å²) in [6, 6.07) is 6.14. The molecular formula is C18H21BFNO3S. The topological polar surface area (TPSA) is 59.3 Å². The van der Waals surface area contributed by atoms with Crippen molar-refractivity contribution in [3.8, 4) is 6.07 Å². The van der Waals surface area contributed by atoms with Crippen LogP contribution in [-0.2, 0) is 14.1 Å². The number of nitriles is 1. The summed E-state index contributed by atoms with van der Waals surface area (Å²) in [4.78, 5) is 11.4. The summed E-state index contributed by atoms with van der Waals surface area (Å²) in [6.07, 6.45) is 1.79. The largest absolute Gasteiger partial charge is 0.491 e. The van der Waals surface area contributed by atoms with Crippen molar-refractivity contribution in [3.05, 3.63) is 40.6 Å². The average Bonchev–Trinajstić information content (AvgIpc) is 2.73. The molecule has 0 amide bonds. The van der Waals surface area contributed by atoms with Gasteiger partial charge >= 0.3 is 7.12 Å². The maximum atomic E-state index is 13.5. The van der Waals surface area contributed by atoms with Gasteiger partial charge in [0.15, 0.2) is 5.12 Å². The van der Waals surface area contributed by atoms with Gasteiger partial charge in [0.2, 0.25) is 0 Å². The third kappa shape index (κ3) is 4.52. The van der Waals surface area contributed by atoms with Crippen LogP contribution in [0, 0.1) is 17.1 Å². The third-order valence-electron chi connectivity index (χ3n) is 4.46. The lowest BCUT2D eigenvalue weighted by molar-refractivity contribution is -0.109. The molecular weight excluding hydrogens is 340 g/mol. The summed E-state index contributed by atoms with van der Waals surface area (Å²) in [5, 5.41) is 8.98. The van der Waals surface area contributed by atoms with Gasteiger partial charge in [-0.3, -0.25) is 4.79 Å². The first-order valence-electron chi connectivity index (χ1n) is 7.95. The first kappa shape index (κ1) is 19.7. The van der Waals surface area contributed by atoms with Crippen LogP contribution in [0.2, 0.25) is 0 Å². The van der Waals surface area contributed by atoms with Crippen LogP contribution in [0.15, 0.2) is 23.7 Å². The standard InChI is InChI=1S/C18H21BFNO3S/c1-12(22)25-11-15(19-23-17(2,3)18(4,5)24-19)9-13-6-7-16(20)14(8-13)10-21/h6-9H,11H2,1-5H3. The molecule has 7 heteroatoms. The van der Waals surface area contributed by atoms with E-state index in [1.165, 1.54) is 19.1 Å². The van der Waals surface area contributed by atoms with Crippen LogP contribution in [-0.4, -0.2) is 29.2 Å². The minimum Gasteiger partial charge on any atom is -0.400 e. The van der Waals surface area contributed by atoms with E-state index in [1.54, 1.807) is 12.1 Å². The van der Waals surface area contributed by atoms with E-state index in [2.05, 4.69) is 0 Å². The fraction of sp³-hybridized carbons (Fsp3) is 0.444. The SMILES string of the molecule is CC(=O)SCC(=Cc1ccc(F)c(C#N)c1)B1OC(C)(C)C(C)(C)O1. The van der Waals surface area contributed by atoms with Crippen molar-refractivity contribution in [2.24, 2.45) is 0 Å². The molecule has 1 aromatic rings. The maximum absolute atomic E-state index is 13.5. The number of benzene rings is 1. The molecule has 1 heterocycles. The highest BCUT2D eigenvalue weighted by Gasteiger charge is 2.52. The van der Waals surface area contributed by atoms with Gasteiger partial charge in [0, 0.05) is 12.7 Å². The van der Waals surface area contributed by atoms with Gasteiger partial charge in [-0.1, -0.05) is 23.9 Å². The maximum Gasteiger partial charge on any atom is 0.491 e. The highest BCUT2D eigenvalue weighted by atomic mass is 32.2. The molecule has 132 valence electrons. The van der Waals surface area contributed by atoms with Crippen molar-refractivity contribution in [1.29, 1.82) is 5.26 Å². The Morgan fingerprint density at radius 3 is 2.44 bits per heavy atom. The Bertz CT molecular complexity index is 739. The molecule has 1 aliphatic rings. The van der Waals surface area contributed by atoms with Crippen molar-refractivity contribution < 1.29 is 18.5 Å². The fourth-order valence-electron chi connectivity index (χ4n) is 2.29. The van der Waals surface area contributed by atoms with Crippen LogP contribution in [0.3, 0.4) is 0 Å². The number of hydrogen-bond acceptors (Lipinski definition) is 5. The predicted octanol–water partition coefficient (Wildman–Crippen LogP) is 3.99. The van der Waals surface area contributed by atoms with Crippen molar-refractivity contribution in [1.82, 2.24) is 0 Å². The Morgan fingerprint density at radius 2 is 1.92 bits per heavy atom. The van der Waals surface area contributed by atoms with Gasteiger partial charge in [-0.2, -0.15) is 5.26 Å². The second-order valence-corrected chi connectivity index (χ2v) is 8.09. The average molecular weight is 361 g/mol. The number of hydrogen-bond donors (Lipinski definition) is 0. The quantitative estimate of drug-likeness (QED) is 0.759. The van der Waals surface area contributed by atoms with E-state index in [4.69, 9.17) is 14.6 Å². The first-order valence-corrected chi connectivity index (χ1v) is 8.93. The van der Waals surface area contributed by atoms with Crippen molar-refractivity contribution >= 4 is 30.1 Å². The van der Waals surface area contributed by atoms with E-state index in [1.807, 2.05) is 33.8 Å². The zero-order valence-corrected chi connectivity index (χ0v) is 15.9. The summed E-state index contributed by atoms with van der Waals surface area (Å²) < 4.78 is 25.6. The molecule has 1 saturated heterocycles. The molecule has 1 aromatic carbocycles. The second kappa shape index (κ2) is 7.32. The molecule has 0 unspecified atom stereocenters. The van der Waals surface area contributed by atoms with E-state index in [9.17, 15) is 9.18 Å². The van der Waals surface area contributed by atoms with Crippen LogP contribution >= 0.6 is 11.8 Å². The Hall–Kier alpha value is -1.62. The van der Waals surface area contributed by atoms with Crippen LogP contribution in [0.4, 0.5) is 4.39 Å². The summed E-state index contributed by atoms with van der Waals surface area (Å²) in [6.45, 7) is 9.31. The van der Waals surface area contributed by atoms with E-state index >= 15 is 0 Å². The number of thioether (sulfide) groups is 1. The van der Waals surface area contributed by atoms with Gasteiger partial charge in [-0.05, 0) is 50.9 Å². The van der Waals surface area contributed by atoms with Crippen molar-refractivity contribution in [2.75, 3.05) is 5.75 Å². The molecule has 0 aromatic heterocycles. The van der Waals surface area contributed by atoms with Crippen LogP contribution in [0.25, 0.3) is 6.08 Å². The Balaban J connectivity index is 2.37. The molecule has 0 bridgehead atoms. The number of carbonyl (C=O) groups is 1. The molecule has 0 N–H and O–H groups in total. The van der Waals surface area contributed by atoms with E-state index in [0.29, 0.717) is 11.3 Å². The smallest absolute Gasteiger partial charge is 0.400 e. The van der Waals surface area contributed by atoms with E-state index < -0.39 is 24.1 Å². The minimum absolute atomic E-state index is 0.0146. The van der Waals surface area contributed by atoms with Crippen LogP contribution < -0.4 is 0 Å². The predicted molar refractivity (Wildman–Crippen MR) is 98.3 cm³/mol. The first-order chi connectivity index (χ1) is 11.6. The molecule has 4 nitrogen and oxygen atoms in total. The van der Waals surface area contributed by atoms with Gasteiger partial charge in [0.25, 0.3) is 0 Å². The number of rotatable bonds is 4. The molecule has 1 aliphatic heterocycles. The molecule has 0 aliphatic carbocycles. The Labute approximate surface area is 152 Å². The molecule has 0 atom stereocenters. The van der Waals surface area contributed by atoms with Gasteiger partial charge in [0.05, 0.1) is 16.8 Å². The normalized spacial score (nSPS) is 18.9. The summed E-state index contributed by atoms with van der Waals surface area (Å²) in [7, 11) is -0.604. The zero-order valence-electron chi connectivity index (χ0n) is 15.1. The Morgan fingerprint density at radius 1 is 1.32 bits per heavy atom. The lowest BCUT2D eigenvalue weighted by Gasteiger charge is -2.32. The zero-order chi connectivity index (χ0) is 18.8. The van der Waals surface area contributed by atoms with Gasteiger partial charge in [-0.15, -0.1) is 0 Å². The number of halogens is 1. The number of carbonyl (C=O) groups excluding carboxylic acids is 1. The molecule has 25 heavy (non-hydrogen) atoms. The lowest BCUT2D eigenvalue weighted by atomic mass is 9.78. The summed E-state index contributed by atoms with van der Waals surface area (Å²) in [5.41, 5.74) is 0.388. The van der Waals surface area contributed by atoms with Gasteiger partial charge in [-0.25, -0.2) is 4.39 Å². The monoisotopic (exact) mass is 361 g/mol. The van der Waals surface area contributed by atoms with E-state index in [0.717, 1.165) is 17.2 Å². The number of nitrogens with zero attached hydrogens (tertiary/aromatic N) is 1. The van der Waals surface area contributed by atoms with Crippen LogP contribution in [0.5, 0.6) is 0 Å². The second-order valence-electron chi connectivity index (χ2n) is 6.94. The van der Waals surface area contributed by atoms with Gasteiger partial charge < -0.3 is 9.31 Å². The summed E-state index contributed by atoms with van der Waals surface area (Å²) >= 11 is 1.15. The molecule has 0 saturated carbocycles. The van der Waals surface area contributed by atoms with Crippen molar-refractivity contribution in [2.45, 2.75) is 45.8 Å². The third-order valence-corrected chi connectivity index (χ3v) is 5.35. The van der Waals surface area contributed by atoms with Crippen LogP contribution in [0.1, 0.15) is 45.7 Å². The lowest BCUT2D eigenvalue weighted by Crippen LogP contribution is -2.41. The highest BCUT2D eigenvalue weighted by Crippen LogP contribution is 2.39. The van der Waals surface area contributed by atoms with E-state index in [-0.39, 0.29) is 10.7 Å². The minimum atomic E-state index is -0.604. The summed E-state index contributed by atoms with van der Waals surface area (Å²) in [5.74, 6) is -0.166. The molecule has 0 spiro atoms. The fourth-order valence-corrected chi connectivity index (χ4v) is 2.88. The molecule has 1 fully saturated rings. The van der Waals surface area contributed by atoms with Gasteiger partial charge in [0.1, 0.15) is 11.9 Å². The highest BCUT2D eigenvalue weighted by molar-refractivity contribution is 8.13.